The molecule has 0 amide bonds. The Labute approximate surface area is 164 Å². The lowest BCUT2D eigenvalue weighted by molar-refractivity contribution is 0.827. The summed E-state index contributed by atoms with van der Waals surface area (Å²) in [4.78, 5) is 0. The molecule has 0 saturated carbocycles. The van der Waals surface area contributed by atoms with Crippen molar-refractivity contribution in [3.8, 4) is 22.5 Å². The van der Waals surface area contributed by atoms with E-state index in [1.165, 1.54) is 22.2 Å². The topological polar surface area (TPSA) is 30.7 Å². The maximum Gasteiger partial charge on any atom is 0.106 e. The van der Waals surface area contributed by atoms with E-state index in [0.29, 0.717) is 0 Å². The molecule has 136 valence electrons. The summed E-state index contributed by atoms with van der Waals surface area (Å²) in [5.74, 6) is 0. The number of aryl methyl sites for hydroxylation is 2. The van der Waals surface area contributed by atoms with Crippen LogP contribution in [0.25, 0.3) is 33.4 Å². The molecular weight excluding hydrogens is 342 g/mol. The Hall–Kier alpha value is -3.46. The van der Waals surface area contributed by atoms with Crippen LogP contribution >= 0.6 is 0 Å². The van der Waals surface area contributed by atoms with Gasteiger partial charge in [-0.15, -0.1) is 10.2 Å². The zero-order valence-corrected chi connectivity index (χ0v) is 16.1. The van der Waals surface area contributed by atoms with E-state index in [0.717, 1.165) is 34.4 Å². The van der Waals surface area contributed by atoms with Crippen LogP contribution < -0.4 is 0 Å². The number of aromatic nitrogens is 3. The van der Waals surface area contributed by atoms with Gasteiger partial charge in [0.25, 0.3) is 0 Å². The summed E-state index contributed by atoms with van der Waals surface area (Å²) >= 11 is 0. The molecule has 0 saturated heterocycles. The first-order chi connectivity index (χ1) is 13.7. The predicted octanol–water partition coefficient (Wildman–Crippen LogP) is 5.87. The minimum atomic E-state index is 0.816. The van der Waals surface area contributed by atoms with Crippen LogP contribution in [0, 0.1) is 13.8 Å². The number of rotatable bonds is 3. The molecule has 3 aromatic rings. The SMILES string of the molecule is Cc1ccc(-c2nnc3c4ccccc4n(Cc4cccc(C)c4)cc2-3)cc1. The first kappa shape index (κ1) is 16.7. The highest BCUT2D eigenvalue weighted by atomic mass is 15.1. The van der Waals surface area contributed by atoms with Gasteiger partial charge in [0.15, 0.2) is 0 Å². The molecule has 3 aromatic carbocycles. The summed E-state index contributed by atoms with van der Waals surface area (Å²) in [6.45, 7) is 5.05. The summed E-state index contributed by atoms with van der Waals surface area (Å²) in [7, 11) is 0. The van der Waals surface area contributed by atoms with Crippen molar-refractivity contribution < 1.29 is 0 Å². The lowest BCUT2D eigenvalue weighted by Gasteiger charge is -2.15. The van der Waals surface area contributed by atoms with Crippen molar-refractivity contribution in [3.05, 3.63) is 95.7 Å². The molecule has 5 rings (SSSR count). The molecule has 0 radical (unpaired) electrons. The number of hydrogen-bond acceptors (Lipinski definition) is 2. The Morgan fingerprint density at radius 1 is 0.750 bits per heavy atom. The molecule has 0 atom stereocenters. The number of fused-ring (bicyclic) bond motifs is 3. The molecule has 28 heavy (non-hydrogen) atoms. The second-order valence-electron chi connectivity index (χ2n) is 7.44. The average Bonchev–Trinajstić information content (AvgIpc) is 3.13. The van der Waals surface area contributed by atoms with Gasteiger partial charge in [-0.2, -0.15) is 0 Å². The van der Waals surface area contributed by atoms with Gasteiger partial charge >= 0.3 is 0 Å². The van der Waals surface area contributed by atoms with Crippen LogP contribution in [0.2, 0.25) is 0 Å². The molecule has 2 aliphatic heterocycles. The van der Waals surface area contributed by atoms with Crippen molar-refractivity contribution in [1.82, 2.24) is 14.8 Å². The molecule has 2 aliphatic rings. The smallest absolute Gasteiger partial charge is 0.106 e. The van der Waals surface area contributed by atoms with E-state index >= 15 is 0 Å². The van der Waals surface area contributed by atoms with Crippen molar-refractivity contribution in [2.75, 3.05) is 0 Å². The molecule has 0 bridgehead atoms. The van der Waals surface area contributed by atoms with E-state index in [-0.39, 0.29) is 0 Å². The van der Waals surface area contributed by atoms with Crippen LogP contribution in [0.15, 0.2) is 79.0 Å². The first-order valence-corrected chi connectivity index (χ1v) is 9.56. The number of benzene rings is 3. The number of hydrogen-bond donors (Lipinski definition) is 0. The highest BCUT2D eigenvalue weighted by molar-refractivity contribution is 5.98. The number of para-hydroxylation sites is 1. The largest absolute Gasteiger partial charge is 0.342 e. The quantitative estimate of drug-likeness (QED) is 0.401. The first-order valence-electron chi connectivity index (χ1n) is 9.56. The van der Waals surface area contributed by atoms with Gasteiger partial charge in [-0.25, -0.2) is 0 Å². The monoisotopic (exact) mass is 363 g/mol. The Kier molecular flexibility index (Phi) is 3.94. The Morgan fingerprint density at radius 3 is 2.36 bits per heavy atom. The summed E-state index contributed by atoms with van der Waals surface area (Å²) < 4.78 is 2.31. The van der Waals surface area contributed by atoms with Crippen molar-refractivity contribution in [1.29, 1.82) is 0 Å². The van der Waals surface area contributed by atoms with Gasteiger partial charge in [-0.3, -0.25) is 0 Å². The fraction of sp³-hybridized carbons (Fsp3) is 0.120. The molecule has 0 spiro atoms. The van der Waals surface area contributed by atoms with Crippen LogP contribution in [0.4, 0.5) is 0 Å². The van der Waals surface area contributed by atoms with Crippen molar-refractivity contribution in [2.45, 2.75) is 20.4 Å². The molecule has 3 nitrogen and oxygen atoms in total. The third kappa shape index (κ3) is 2.85. The maximum absolute atomic E-state index is 4.54. The third-order valence-electron chi connectivity index (χ3n) is 5.27. The van der Waals surface area contributed by atoms with Gasteiger partial charge in [0, 0.05) is 29.3 Å². The molecule has 3 heteroatoms. The molecule has 0 fully saturated rings. The molecule has 2 heterocycles. The predicted molar refractivity (Wildman–Crippen MR) is 115 cm³/mol. The highest BCUT2D eigenvalue weighted by Crippen LogP contribution is 2.36. The average molecular weight is 363 g/mol. The number of pyridine rings is 1. The van der Waals surface area contributed by atoms with E-state index in [4.69, 9.17) is 0 Å². The minimum Gasteiger partial charge on any atom is -0.342 e. The molecule has 0 aliphatic carbocycles. The highest BCUT2D eigenvalue weighted by Gasteiger charge is 2.19. The van der Waals surface area contributed by atoms with Gasteiger partial charge in [0.05, 0.1) is 5.52 Å². The van der Waals surface area contributed by atoms with E-state index < -0.39 is 0 Å². The molecule has 0 unspecified atom stereocenters. The second kappa shape index (κ2) is 6.61. The standard InChI is InChI=1S/C25H21N3/c1-17-10-12-20(13-11-17)24-22-16-28(15-19-7-5-6-18(2)14-19)23-9-4-3-8-21(23)25(22)27-26-24/h3-14,16H,15H2,1-2H3. The van der Waals surface area contributed by atoms with Crippen LogP contribution in [0.3, 0.4) is 0 Å². The van der Waals surface area contributed by atoms with E-state index in [9.17, 15) is 0 Å². The van der Waals surface area contributed by atoms with Crippen molar-refractivity contribution in [3.63, 3.8) is 0 Å². The van der Waals surface area contributed by atoms with Crippen molar-refractivity contribution >= 4 is 10.9 Å². The molecular formula is C25H21N3. The van der Waals surface area contributed by atoms with Gasteiger partial charge in [-0.05, 0) is 25.5 Å². The van der Waals surface area contributed by atoms with Crippen molar-refractivity contribution in [2.24, 2.45) is 0 Å². The Balaban J connectivity index is 1.72. The lowest BCUT2D eigenvalue weighted by Crippen LogP contribution is -2.04. The van der Waals surface area contributed by atoms with Gasteiger partial charge < -0.3 is 4.57 Å². The van der Waals surface area contributed by atoms with Crippen LogP contribution in [0.1, 0.15) is 16.7 Å². The van der Waals surface area contributed by atoms with Crippen LogP contribution in [-0.4, -0.2) is 14.8 Å². The van der Waals surface area contributed by atoms with Gasteiger partial charge in [0.1, 0.15) is 11.4 Å². The Bertz CT molecular complexity index is 1250. The fourth-order valence-corrected chi connectivity index (χ4v) is 3.85. The third-order valence-corrected chi connectivity index (χ3v) is 5.27. The zero-order valence-electron chi connectivity index (χ0n) is 16.1. The van der Waals surface area contributed by atoms with E-state index in [1.54, 1.807) is 0 Å². The fourth-order valence-electron chi connectivity index (χ4n) is 3.85. The summed E-state index contributed by atoms with van der Waals surface area (Å²) in [5.41, 5.74) is 9.09. The van der Waals surface area contributed by atoms with E-state index in [1.807, 2.05) is 0 Å². The minimum absolute atomic E-state index is 0.816. The lowest BCUT2D eigenvalue weighted by atomic mass is 10.0. The second-order valence-corrected chi connectivity index (χ2v) is 7.44. The number of nitrogens with zero attached hydrogens (tertiary/aromatic N) is 3. The summed E-state index contributed by atoms with van der Waals surface area (Å²) in [5, 5.41) is 10.2. The van der Waals surface area contributed by atoms with Gasteiger partial charge in [0.2, 0.25) is 0 Å². The summed E-state index contributed by atoms with van der Waals surface area (Å²) in [6.07, 6.45) is 2.20. The maximum atomic E-state index is 4.54. The summed E-state index contributed by atoms with van der Waals surface area (Å²) in [6, 6.07) is 25.6. The van der Waals surface area contributed by atoms with E-state index in [2.05, 4.69) is 108 Å². The van der Waals surface area contributed by atoms with Crippen LogP contribution in [-0.2, 0) is 6.54 Å². The molecule has 0 aromatic heterocycles. The van der Waals surface area contributed by atoms with Gasteiger partial charge in [-0.1, -0.05) is 77.9 Å². The zero-order chi connectivity index (χ0) is 19.1. The Morgan fingerprint density at radius 2 is 1.54 bits per heavy atom. The van der Waals surface area contributed by atoms with Crippen LogP contribution in [0.5, 0.6) is 0 Å². The normalized spacial score (nSPS) is 11.4. The molecule has 0 N–H and O–H groups in total.